The topological polar surface area (TPSA) is 90.5 Å². The highest BCUT2D eigenvalue weighted by Crippen LogP contribution is 2.31. The first kappa shape index (κ1) is 21.8. The molecule has 0 bridgehead atoms. The number of hydrogen-bond donors (Lipinski definition) is 1. The normalized spacial score (nSPS) is 11.2. The van der Waals surface area contributed by atoms with Gasteiger partial charge in [-0.05, 0) is 42.3 Å². The third-order valence-electron chi connectivity index (χ3n) is 3.63. The lowest BCUT2D eigenvalue weighted by Gasteiger charge is -2.29. The van der Waals surface area contributed by atoms with Crippen LogP contribution in [0.15, 0.2) is 39.6 Å². The van der Waals surface area contributed by atoms with Crippen molar-refractivity contribution in [1.29, 1.82) is 0 Å². The van der Waals surface area contributed by atoms with Crippen molar-refractivity contribution in [3.05, 3.63) is 30.0 Å². The number of rotatable bonds is 9. The molecule has 0 amide bonds. The van der Waals surface area contributed by atoms with Crippen LogP contribution in [0.5, 0.6) is 0 Å². The van der Waals surface area contributed by atoms with Gasteiger partial charge in [0.15, 0.2) is 0 Å². The lowest BCUT2D eigenvalue weighted by Crippen LogP contribution is -2.31. The fourth-order valence-electron chi connectivity index (χ4n) is 2.64. The Kier molecular flexibility index (Phi) is 7.92. The minimum Gasteiger partial charge on any atom is -0.478 e. The standard InChI is InChI=1S/C19H23N5O2S2/c1-12(2)9-24(10-13(3)4)14-5-6-16(15(7-14)18(25)26)22-23-19-20-8-17(28-19)21-11-27/h5-8,12-13H,9-10H2,1-4H3,(H,25,26). The molecule has 1 heterocycles. The summed E-state index contributed by atoms with van der Waals surface area (Å²) in [6.45, 7) is 10.3. The molecular weight excluding hydrogens is 394 g/mol. The van der Waals surface area contributed by atoms with Crippen LogP contribution in [0.1, 0.15) is 38.1 Å². The molecule has 28 heavy (non-hydrogen) atoms. The number of isothiocyanates is 1. The molecule has 0 unspecified atom stereocenters. The minimum atomic E-state index is -1.05. The molecule has 2 rings (SSSR count). The number of anilines is 1. The Morgan fingerprint density at radius 3 is 2.50 bits per heavy atom. The van der Waals surface area contributed by atoms with Crippen molar-refractivity contribution in [2.24, 2.45) is 27.1 Å². The number of carboxylic acid groups (broad SMARTS) is 1. The third kappa shape index (κ3) is 6.30. The summed E-state index contributed by atoms with van der Waals surface area (Å²) in [7, 11) is 0. The van der Waals surface area contributed by atoms with Crippen LogP contribution in [-0.4, -0.2) is 34.3 Å². The molecule has 7 nitrogen and oxygen atoms in total. The second-order valence-electron chi connectivity index (χ2n) is 7.08. The van der Waals surface area contributed by atoms with E-state index in [2.05, 4.69) is 70.2 Å². The van der Waals surface area contributed by atoms with E-state index in [0.29, 0.717) is 22.0 Å². The third-order valence-corrected chi connectivity index (χ3v) is 4.49. The molecule has 0 aliphatic carbocycles. The van der Waals surface area contributed by atoms with Crippen LogP contribution in [0, 0.1) is 11.8 Å². The number of nitrogens with zero attached hydrogens (tertiary/aromatic N) is 5. The van der Waals surface area contributed by atoms with Crippen LogP contribution in [0.2, 0.25) is 0 Å². The Morgan fingerprint density at radius 2 is 1.93 bits per heavy atom. The van der Waals surface area contributed by atoms with Gasteiger partial charge in [-0.1, -0.05) is 39.0 Å². The second kappa shape index (κ2) is 10.2. The van der Waals surface area contributed by atoms with Gasteiger partial charge in [-0.3, -0.25) is 0 Å². The van der Waals surface area contributed by atoms with E-state index in [1.807, 2.05) is 6.07 Å². The minimum absolute atomic E-state index is 0.104. The quantitative estimate of drug-likeness (QED) is 0.302. The first-order valence-corrected chi connectivity index (χ1v) is 10.1. The van der Waals surface area contributed by atoms with E-state index >= 15 is 0 Å². The largest absolute Gasteiger partial charge is 0.478 e. The average Bonchev–Trinajstić information content (AvgIpc) is 3.06. The van der Waals surface area contributed by atoms with Crippen molar-refractivity contribution >= 4 is 56.2 Å². The molecule has 9 heteroatoms. The summed E-state index contributed by atoms with van der Waals surface area (Å²) in [6, 6.07) is 5.22. The number of aliphatic imine (C=N–C) groups is 1. The zero-order valence-corrected chi connectivity index (χ0v) is 17.9. The first-order valence-electron chi connectivity index (χ1n) is 8.88. The Morgan fingerprint density at radius 1 is 1.25 bits per heavy atom. The molecule has 0 saturated carbocycles. The van der Waals surface area contributed by atoms with Crippen molar-refractivity contribution in [2.45, 2.75) is 27.7 Å². The number of thiocarbonyl (C=S) groups is 1. The van der Waals surface area contributed by atoms with Crippen molar-refractivity contribution in [2.75, 3.05) is 18.0 Å². The van der Waals surface area contributed by atoms with Crippen LogP contribution in [0.3, 0.4) is 0 Å². The molecule has 0 atom stereocenters. The monoisotopic (exact) mass is 417 g/mol. The predicted molar refractivity (Wildman–Crippen MR) is 116 cm³/mol. The van der Waals surface area contributed by atoms with Crippen LogP contribution in [0.4, 0.5) is 21.5 Å². The van der Waals surface area contributed by atoms with Crippen LogP contribution >= 0.6 is 23.6 Å². The molecule has 0 aliphatic rings. The van der Waals surface area contributed by atoms with Gasteiger partial charge >= 0.3 is 5.97 Å². The molecule has 148 valence electrons. The number of carbonyl (C=O) groups is 1. The van der Waals surface area contributed by atoms with Gasteiger partial charge in [0.05, 0.1) is 16.9 Å². The van der Waals surface area contributed by atoms with Crippen molar-refractivity contribution < 1.29 is 9.90 Å². The highest BCUT2D eigenvalue weighted by molar-refractivity contribution is 7.78. The van der Waals surface area contributed by atoms with Gasteiger partial charge in [-0.15, -0.1) is 10.2 Å². The summed E-state index contributed by atoms with van der Waals surface area (Å²) in [5.74, 6) is -0.129. The molecule has 1 aromatic carbocycles. The second-order valence-corrected chi connectivity index (χ2v) is 8.25. The molecule has 0 fully saturated rings. The van der Waals surface area contributed by atoms with Gasteiger partial charge in [-0.2, -0.15) is 4.99 Å². The Bertz CT molecular complexity index is 891. The van der Waals surface area contributed by atoms with Crippen LogP contribution < -0.4 is 4.90 Å². The van der Waals surface area contributed by atoms with E-state index in [-0.39, 0.29) is 11.3 Å². The number of benzene rings is 1. The Labute approximate surface area is 173 Å². The summed E-state index contributed by atoms with van der Waals surface area (Å²) in [6.07, 6.45) is 1.51. The van der Waals surface area contributed by atoms with E-state index in [4.69, 9.17) is 0 Å². The van der Waals surface area contributed by atoms with E-state index in [0.717, 1.165) is 18.8 Å². The lowest BCUT2D eigenvalue weighted by molar-refractivity contribution is 0.0698. The van der Waals surface area contributed by atoms with E-state index in [9.17, 15) is 9.90 Å². The number of carboxylic acids is 1. The summed E-state index contributed by atoms with van der Waals surface area (Å²) < 4.78 is 0. The number of aromatic nitrogens is 1. The van der Waals surface area contributed by atoms with Gasteiger partial charge < -0.3 is 10.0 Å². The summed E-state index contributed by atoms with van der Waals surface area (Å²) in [5, 5.41) is 20.9. The van der Waals surface area contributed by atoms with Crippen molar-refractivity contribution in [3.8, 4) is 0 Å². The fraction of sp³-hybridized carbons (Fsp3) is 0.421. The number of hydrogen-bond acceptors (Lipinski definition) is 8. The van der Waals surface area contributed by atoms with E-state index in [1.165, 1.54) is 17.5 Å². The molecule has 0 radical (unpaired) electrons. The molecule has 1 aromatic heterocycles. The molecule has 0 aliphatic heterocycles. The zero-order chi connectivity index (χ0) is 20.7. The fourth-order valence-corrected chi connectivity index (χ4v) is 3.37. The molecule has 0 spiro atoms. The van der Waals surface area contributed by atoms with Gasteiger partial charge in [0.2, 0.25) is 5.13 Å². The first-order chi connectivity index (χ1) is 13.3. The molecular formula is C19H23N5O2S2. The number of thiazole rings is 1. The molecule has 0 saturated heterocycles. The van der Waals surface area contributed by atoms with Gasteiger partial charge in [0.25, 0.3) is 0 Å². The summed E-state index contributed by atoms with van der Waals surface area (Å²) in [4.78, 5) is 21.9. The maximum atomic E-state index is 11.8. The average molecular weight is 418 g/mol. The van der Waals surface area contributed by atoms with Crippen LogP contribution in [0.25, 0.3) is 0 Å². The summed E-state index contributed by atoms with van der Waals surface area (Å²) >= 11 is 5.74. The zero-order valence-electron chi connectivity index (χ0n) is 16.3. The molecule has 2 aromatic rings. The smallest absolute Gasteiger partial charge is 0.338 e. The van der Waals surface area contributed by atoms with E-state index in [1.54, 1.807) is 12.1 Å². The summed E-state index contributed by atoms with van der Waals surface area (Å²) in [5.41, 5.74) is 1.25. The maximum Gasteiger partial charge on any atom is 0.338 e. The molecule has 1 N–H and O–H groups in total. The Balaban J connectivity index is 2.33. The van der Waals surface area contributed by atoms with E-state index < -0.39 is 5.97 Å². The Hall–Kier alpha value is -2.48. The SMILES string of the molecule is CC(C)CN(CC(C)C)c1ccc(N=Nc2ncc(N=C=S)s2)c(C(=O)O)c1. The highest BCUT2D eigenvalue weighted by Gasteiger charge is 2.16. The lowest BCUT2D eigenvalue weighted by atomic mass is 10.1. The van der Waals surface area contributed by atoms with Crippen LogP contribution in [-0.2, 0) is 0 Å². The van der Waals surface area contributed by atoms with Crippen molar-refractivity contribution in [1.82, 2.24) is 4.98 Å². The predicted octanol–water partition coefficient (Wildman–Crippen LogP) is 6.11. The van der Waals surface area contributed by atoms with Gasteiger partial charge in [0.1, 0.15) is 10.7 Å². The highest BCUT2D eigenvalue weighted by atomic mass is 32.1. The van der Waals surface area contributed by atoms with Crippen molar-refractivity contribution in [3.63, 3.8) is 0 Å². The van der Waals surface area contributed by atoms with Gasteiger partial charge in [-0.25, -0.2) is 9.78 Å². The maximum absolute atomic E-state index is 11.8. The van der Waals surface area contributed by atoms with Gasteiger partial charge in [0, 0.05) is 18.8 Å². The number of azo groups is 1. The number of aromatic carboxylic acids is 1.